The predicted molar refractivity (Wildman–Crippen MR) is 79.4 cm³/mol. The summed E-state index contributed by atoms with van der Waals surface area (Å²) >= 11 is 7.11. The van der Waals surface area contributed by atoms with Crippen LogP contribution in [0.5, 0.6) is 0 Å². The van der Waals surface area contributed by atoms with Gasteiger partial charge in [0.25, 0.3) is 0 Å². The Bertz CT molecular complexity index is 716. The highest BCUT2D eigenvalue weighted by molar-refractivity contribution is 7.12. The van der Waals surface area contributed by atoms with E-state index in [1.54, 1.807) is 23.6 Å². The quantitative estimate of drug-likeness (QED) is 0.944. The van der Waals surface area contributed by atoms with E-state index in [0.29, 0.717) is 27.7 Å². The second kappa shape index (κ2) is 5.23. The normalized spacial score (nSPS) is 13.9. The predicted octanol–water partition coefficient (Wildman–Crippen LogP) is 3.45. The van der Waals surface area contributed by atoms with Gasteiger partial charge >= 0.3 is 0 Å². The minimum Gasteiger partial charge on any atom is -0.378 e. The second-order valence-electron chi connectivity index (χ2n) is 4.39. The molecule has 0 bridgehead atoms. The van der Waals surface area contributed by atoms with Crippen molar-refractivity contribution >= 4 is 34.5 Å². The molecule has 1 N–H and O–H groups in total. The molecule has 3 rings (SSSR count). The topological polar surface area (TPSA) is 46.2 Å². The molecule has 0 unspecified atom stereocenters. The maximum absolute atomic E-state index is 12.2. The Hall–Kier alpha value is -1.91. The third-order valence-corrected chi connectivity index (χ3v) is 4.22. The van der Waals surface area contributed by atoms with Crippen molar-refractivity contribution in [3.63, 3.8) is 0 Å². The van der Waals surface area contributed by atoms with Crippen LogP contribution in [0, 0.1) is 0 Å². The van der Waals surface area contributed by atoms with Crippen molar-refractivity contribution in [2.45, 2.75) is 6.54 Å². The fourth-order valence-corrected chi connectivity index (χ4v) is 2.99. The molecule has 0 aliphatic heterocycles. The number of fused-ring (bicyclic) bond motifs is 1. The minimum absolute atomic E-state index is 0.122. The highest BCUT2D eigenvalue weighted by atomic mass is 35.5. The zero-order chi connectivity index (χ0) is 14.1. The number of allylic oxidation sites excluding steroid dienone is 2. The number of carbonyl (C=O) groups excluding carboxylic acids is 2. The van der Waals surface area contributed by atoms with Crippen LogP contribution in [0.4, 0.5) is 0 Å². The van der Waals surface area contributed by atoms with Gasteiger partial charge in [0.1, 0.15) is 0 Å². The molecule has 0 fully saturated rings. The molecule has 1 heterocycles. The van der Waals surface area contributed by atoms with Crippen LogP contribution in [-0.4, -0.2) is 11.6 Å². The molecule has 100 valence electrons. The summed E-state index contributed by atoms with van der Waals surface area (Å²) < 4.78 is 0. The van der Waals surface area contributed by atoms with Crippen molar-refractivity contribution in [3.8, 4) is 0 Å². The molecular weight excluding hydrogens is 294 g/mol. The van der Waals surface area contributed by atoms with E-state index in [0.717, 1.165) is 5.56 Å². The summed E-state index contributed by atoms with van der Waals surface area (Å²) in [6, 6.07) is 9.02. The lowest BCUT2D eigenvalue weighted by molar-refractivity contribution is 0.0981. The zero-order valence-corrected chi connectivity index (χ0v) is 11.9. The van der Waals surface area contributed by atoms with Crippen LogP contribution in [0.25, 0.3) is 0 Å². The fourth-order valence-electron chi connectivity index (χ4n) is 2.01. The lowest BCUT2D eigenvalue weighted by atomic mass is 10.0. The molecule has 3 nitrogen and oxygen atoms in total. The third kappa shape index (κ3) is 2.40. The maximum atomic E-state index is 12.2. The molecule has 0 saturated carbocycles. The zero-order valence-electron chi connectivity index (χ0n) is 10.4. The number of ketones is 2. The van der Waals surface area contributed by atoms with Gasteiger partial charge in [0.15, 0.2) is 5.78 Å². The summed E-state index contributed by atoms with van der Waals surface area (Å²) in [7, 11) is 0. The maximum Gasteiger partial charge on any atom is 0.219 e. The van der Waals surface area contributed by atoms with E-state index < -0.39 is 0 Å². The molecule has 0 saturated heterocycles. The van der Waals surface area contributed by atoms with E-state index in [4.69, 9.17) is 11.6 Å². The van der Waals surface area contributed by atoms with Gasteiger partial charge in [-0.05, 0) is 29.1 Å². The summed E-state index contributed by atoms with van der Waals surface area (Å²) in [6.07, 6.45) is 1.37. The lowest BCUT2D eigenvalue weighted by Crippen LogP contribution is -2.25. The molecular formula is C15H10ClNO2S. The van der Waals surface area contributed by atoms with Crippen LogP contribution >= 0.6 is 22.9 Å². The Morgan fingerprint density at radius 3 is 2.60 bits per heavy atom. The van der Waals surface area contributed by atoms with E-state index in [1.807, 2.05) is 12.1 Å². The smallest absolute Gasteiger partial charge is 0.219 e. The van der Waals surface area contributed by atoms with E-state index in [-0.39, 0.29) is 11.6 Å². The standard InChI is InChI=1S/C15H10ClNO2S/c16-10-3-1-9(2-4-10)8-17-12-7-13(18)11-5-6-20-15(11)14(12)19/h1-7,17H,8H2. The van der Waals surface area contributed by atoms with Crippen molar-refractivity contribution < 1.29 is 9.59 Å². The number of nitrogens with one attached hydrogen (secondary N) is 1. The van der Waals surface area contributed by atoms with Crippen LogP contribution < -0.4 is 5.32 Å². The van der Waals surface area contributed by atoms with E-state index in [1.165, 1.54) is 17.4 Å². The minimum atomic E-state index is -0.126. The molecule has 1 aromatic carbocycles. The molecule has 0 spiro atoms. The Morgan fingerprint density at radius 1 is 1.10 bits per heavy atom. The van der Waals surface area contributed by atoms with Crippen molar-refractivity contribution in [3.05, 3.63) is 68.5 Å². The molecule has 2 aromatic rings. The summed E-state index contributed by atoms with van der Waals surface area (Å²) in [5.41, 5.74) is 1.84. The van der Waals surface area contributed by atoms with Crippen molar-refractivity contribution in [1.29, 1.82) is 0 Å². The number of thiophene rings is 1. The van der Waals surface area contributed by atoms with Crippen LogP contribution in [-0.2, 0) is 6.54 Å². The van der Waals surface area contributed by atoms with Crippen LogP contribution in [0.1, 0.15) is 25.6 Å². The van der Waals surface area contributed by atoms with Crippen molar-refractivity contribution in [2.24, 2.45) is 0 Å². The summed E-state index contributed by atoms with van der Waals surface area (Å²) in [6.45, 7) is 0.475. The largest absolute Gasteiger partial charge is 0.378 e. The summed E-state index contributed by atoms with van der Waals surface area (Å²) in [5.74, 6) is -0.247. The second-order valence-corrected chi connectivity index (χ2v) is 5.75. The summed E-state index contributed by atoms with van der Waals surface area (Å²) in [4.78, 5) is 24.6. The monoisotopic (exact) mass is 303 g/mol. The van der Waals surface area contributed by atoms with Gasteiger partial charge in [-0.2, -0.15) is 0 Å². The van der Waals surface area contributed by atoms with E-state index in [9.17, 15) is 9.59 Å². The first-order valence-electron chi connectivity index (χ1n) is 6.01. The SMILES string of the molecule is O=C1C=C(NCc2ccc(Cl)cc2)C(=O)c2sccc21. The lowest BCUT2D eigenvalue weighted by Gasteiger charge is -2.13. The highest BCUT2D eigenvalue weighted by Gasteiger charge is 2.26. The van der Waals surface area contributed by atoms with Crippen LogP contribution in [0.3, 0.4) is 0 Å². The van der Waals surface area contributed by atoms with Gasteiger partial charge in [0.2, 0.25) is 5.78 Å². The number of halogens is 1. The third-order valence-electron chi connectivity index (χ3n) is 3.05. The Labute approximate surface area is 124 Å². The number of hydrogen-bond donors (Lipinski definition) is 1. The van der Waals surface area contributed by atoms with Gasteiger partial charge in [0, 0.05) is 23.2 Å². The number of rotatable bonds is 3. The Balaban J connectivity index is 1.77. The first kappa shape index (κ1) is 13.1. The van der Waals surface area contributed by atoms with E-state index in [2.05, 4.69) is 5.32 Å². The van der Waals surface area contributed by atoms with Gasteiger partial charge < -0.3 is 5.32 Å². The molecule has 1 aromatic heterocycles. The fraction of sp³-hybridized carbons (Fsp3) is 0.0667. The molecule has 1 aliphatic rings. The molecule has 0 atom stereocenters. The van der Waals surface area contributed by atoms with Crippen LogP contribution in [0.2, 0.25) is 5.02 Å². The molecule has 20 heavy (non-hydrogen) atoms. The molecule has 5 heteroatoms. The first-order valence-corrected chi connectivity index (χ1v) is 7.27. The molecule has 1 aliphatic carbocycles. The number of benzene rings is 1. The average Bonchev–Trinajstić information content (AvgIpc) is 2.93. The Kier molecular flexibility index (Phi) is 3.42. The number of carbonyl (C=O) groups is 2. The van der Waals surface area contributed by atoms with Gasteiger partial charge in [-0.3, -0.25) is 9.59 Å². The van der Waals surface area contributed by atoms with E-state index >= 15 is 0 Å². The van der Waals surface area contributed by atoms with Crippen molar-refractivity contribution in [2.75, 3.05) is 0 Å². The average molecular weight is 304 g/mol. The highest BCUT2D eigenvalue weighted by Crippen LogP contribution is 2.25. The summed E-state index contributed by atoms with van der Waals surface area (Å²) in [5, 5.41) is 5.45. The number of Topliss-reactive ketones (excluding diaryl/α,β-unsaturated/α-hetero) is 1. The first-order chi connectivity index (χ1) is 9.65. The van der Waals surface area contributed by atoms with Crippen molar-refractivity contribution in [1.82, 2.24) is 5.32 Å². The number of hydrogen-bond acceptors (Lipinski definition) is 4. The molecule has 0 radical (unpaired) electrons. The van der Waals surface area contributed by atoms with Gasteiger partial charge in [0.05, 0.1) is 10.6 Å². The van der Waals surface area contributed by atoms with Crippen LogP contribution in [0.15, 0.2) is 47.5 Å². The van der Waals surface area contributed by atoms with Gasteiger partial charge in [-0.1, -0.05) is 23.7 Å². The van der Waals surface area contributed by atoms with Gasteiger partial charge in [-0.25, -0.2) is 0 Å². The van der Waals surface area contributed by atoms with Gasteiger partial charge in [-0.15, -0.1) is 11.3 Å². The molecule has 0 amide bonds. The Morgan fingerprint density at radius 2 is 1.85 bits per heavy atom.